The normalized spacial score (nSPS) is 11.9. The van der Waals surface area contributed by atoms with E-state index in [1.165, 1.54) is 0 Å². The van der Waals surface area contributed by atoms with Crippen LogP contribution in [0.15, 0.2) is 67.0 Å². The second kappa shape index (κ2) is 14.1. The van der Waals surface area contributed by atoms with Gasteiger partial charge in [-0.1, -0.05) is 36.4 Å². The fourth-order valence-corrected chi connectivity index (χ4v) is 3.43. The first-order chi connectivity index (χ1) is 15.5. The van der Waals surface area contributed by atoms with Crippen LogP contribution in [0.25, 0.3) is 10.8 Å². The van der Waals surface area contributed by atoms with Crippen LogP contribution < -0.4 is 11.1 Å². The number of fused-ring (bicyclic) bond motifs is 1. The summed E-state index contributed by atoms with van der Waals surface area (Å²) in [4.78, 5) is 40.8. The molecule has 4 N–H and O–H groups in total. The number of nitrogens with zero attached hydrogens (tertiary/aromatic N) is 1. The lowest BCUT2D eigenvalue weighted by molar-refractivity contribution is -0.149. The van der Waals surface area contributed by atoms with Gasteiger partial charge in [-0.05, 0) is 35.6 Å². The van der Waals surface area contributed by atoms with Crippen LogP contribution in [0.2, 0.25) is 0 Å². The Hall–Kier alpha value is -3.20. The third-order valence-corrected chi connectivity index (χ3v) is 5.20. The van der Waals surface area contributed by atoms with E-state index in [4.69, 9.17) is 10.5 Å². The van der Waals surface area contributed by atoms with Crippen molar-refractivity contribution in [3.05, 3.63) is 72.6 Å². The minimum atomic E-state index is -1.18. The third kappa shape index (κ3) is 7.98. The molecule has 0 aliphatic rings. The SMILES string of the molecule is Cl.Cl.NCC(C(=O)Nc1ccc2cnccc2c1)C(CCC(=O)OCc1ccccc1)C(=O)O. The maximum Gasteiger partial charge on any atom is 0.307 e. The number of benzene rings is 2. The molecule has 0 radical (unpaired) electrons. The summed E-state index contributed by atoms with van der Waals surface area (Å²) in [5.74, 6) is -4.34. The summed E-state index contributed by atoms with van der Waals surface area (Å²) in [5.41, 5.74) is 7.11. The highest BCUT2D eigenvalue weighted by molar-refractivity contribution is 5.97. The van der Waals surface area contributed by atoms with Crippen LogP contribution in [0.1, 0.15) is 18.4 Å². The number of carboxylic acids is 1. The van der Waals surface area contributed by atoms with Crippen molar-refractivity contribution in [2.45, 2.75) is 19.4 Å². The van der Waals surface area contributed by atoms with Gasteiger partial charge in [0.15, 0.2) is 0 Å². The molecule has 182 valence electrons. The van der Waals surface area contributed by atoms with Gasteiger partial charge in [0, 0.05) is 36.4 Å². The van der Waals surface area contributed by atoms with Crippen molar-refractivity contribution < 1.29 is 24.2 Å². The van der Waals surface area contributed by atoms with E-state index in [2.05, 4.69) is 10.3 Å². The van der Waals surface area contributed by atoms with E-state index >= 15 is 0 Å². The van der Waals surface area contributed by atoms with E-state index in [1.54, 1.807) is 24.5 Å². The maximum absolute atomic E-state index is 12.8. The quantitative estimate of drug-likeness (QED) is 0.355. The molecule has 2 aromatic carbocycles. The van der Waals surface area contributed by atoms with Gasteiger partial charge in [0.25, 0.3) is 0 Å². The monoisotopic (exact) mass is 507 g/mol. The molecule has 0 aliphatic heterocycles. The molecule has 0 bridgehead atoms. The number of amides is 1. The predicted molar refractivity (Wildman–Crippen MR) is 134 cm³/mol. The molecule has 0 saturated carbocycles. The number of nitrogens with two attached hydrogens (primary N) is 1. The molecular weight excluding hydrogens is 481 g/mol. The molecule has 0 fully saturated rings. The van der Waals surface area contributed by atoms with Crippen LogP contribution in [0.3, 0.4) is 0 Å². The first kappa shape index (κ1) is 28.8. The Bertz CT molecular complexity index is 1100. The predicted octanol–water partition coefficient (Wildman–Crippen LogP) is 3.82. The van der Waals surface area contributed by atoms with Crippen LogP contribution in [0, 0.1) is 11.8 Å². The van der Waals surface area contributed by atoms with Gasteiger partial charge in [-0.3, -0.25) is 19.4 Å². The Morgan fingerprint density at radius 3 is 2.41 bits per heavy atom. The number of pyridine rings is 1. The molecule has 1 heterocycles. The number of hydrogen-bond donors (Lipinski definition) is 3. The lowest BCUT2D eigenvalue weighted by Gasteiger charge is -2.22. The van der Waals surface area contributed by atoms with Crippen LogP contribution in [-0.2, 0) is 25.7 Å². The zero-order valence-corrected chi connectivity index (χ0v) is 19.9. The largest absolute Gasteiger partial charge is 0.481 e. The Kier molecular flexibility index (Phi) is 12.0. The summed E-state index contributed by atoms with van der Waals surface area (Å²) in [7, 11) is 0. The molecule has 8 nitrogen and oxygen atoms in total. The summed E-state index contributed by atoms with van der Waals surface area (Å²) >= 11 is 0. The molecular formula is C24H27Cl2N3O5. The number of hydrogen-bond acceptors (Lipinski definition) is 6. The standard InChI is InChI=1S/C24H25N3O5.2ClH/c25-13-21(23(29)27-19-7-6-18-14-26-11-10-17(18)12-19)20(24(30)31)8-9-22(28)32-15-16-4-2-1-3-5-16;;/h1-7,10-12,14,20-21H,8-9,13,15,25H2,(H,27,29)(H,30,31);2*1H. The highest BCUT2D eigenvalue weighted by atomic mass is 35.5. The zero-order valence-electron chi connectivity index (χ0n) is 18.3. The molecule has 0 saturated heterocycles. The van der Waals surface area contributed by atoms with Crippen LogP contribution in [0.4, 0.5) is 5.69 Å². The second-order valence-electron chi connectivity index (χ2n) is 7.40. The van der Waals surface area contributed by atoms with Crippen LogP contribution in [0.5, 0.6) is 0 Å². The van der Waals surface area contributed by atoms with Gasteiger partial charge in [-0.25, -0.2) is 0 Å². The molecule has 2 unspecified atom stereocenters. The van der Waals surface area contributed by atoms with Crippen molar-refractivity contribution in [2.75, 3.05) is 11.9 Å². The number of carbonyl (C=O) groups excluding carboxylic acids is 2. The van der Waals surface area contributed by atoms with Gasteiger partial charge in [-0.15, -0.1) is 24.8 Å². The number of rotatable bonds is 10. The minimum absolute atomic E-state index is 0. The number of aliphatic carboxylic acids is 1. The van der Waals surface area contributed by atoms with E-state index in [9.17, 15) is 19.5 Å². The van der Waals surface area contributed by atoms with E-state index in [-0.39, 0.29) is 50.8 Å². The second-order valence-corrected chi connectivity index (χ2v) is 7.40. The smallest absolute Gasteiger partial charge is 0.307 e. The Morgan fingerprint density at radius 2 is 1.74 bits per heavy atom. The fourth-order valence-electron chi connectivity index (χ4n) is 3.43. The number of aromatic nitrogens is 1. The number of ether oxygens (including phenoxy) is 1. The molecule has 0 aliphatic carbocycles. The number of carboxylic acid groups (broad SMARTS) is 1. The van der Waals surface area contributed by atoms with Crippen molar-refractivity contribution >= 4 is 59.1 Å². The molecule has 3 aromatic rings. The summed E-state index contributed by atoms with van der Waals surface area (Å²) in [6.45, 7) is -0.0605. The molecule has 1 aromatic heterocycles. The van der Waals surface area contributed by atoms with Gasteiger partial charge in [0.1, 0.15) is 6.61 Å². The van der Waals surface area contributed by atoms with E-state index in [0.29, 0.717) is 5.69 Å². The maximum atomic E-state index is 12.8. The lowest BCUT2D eigenvalue weighted by atomic mass is 9.87. The number of nitrogens with one attached hydrogen (secondary N) is 1. The highest BCUT2D eigenvalue weighted by Crippen LogP contribution is 2.23. The topological polar surface area (TPSA) is 132 Å². The molecule has 10 heteroatoms. The summed E-state index contributed by atoms with van der Waals surface area (Å²) in [6.07, 6.45) is 3.17. The molecule has 1 amide bonds. The number of esters is 1. The van der Waals surface area contributed by atoms with E-state index < -0.39 is 29.7 Å². The summed E-state index contributed by atoms with van der Waals surface area (Å²) < 4.78 is 5.20. The van der Waals surface area contributed by atoms with Gasteiger partial charge in [0.2, 0.25) is 5.91 Å². The Morgan fingerprint density at radius 1 is 1.00 bits per heavy atom. The molecule has 0 spiro atoms. The lowest BCUT2D eigenvalue weighted by Crippen LogP contribution is -2.39. The van der Waals surface area contributed by atoms with Crippen molar-refractivity contribution in [3.8, 4) is 0 Å². The average molecular weight is 508 g/mol. The average Bonchev–Trinajstić information content (AvgIpc) is 2.80. The van der Waals surface area contributed by atoms with Gasteiger partial charge >= 0.3 is 11.9 Å². The Balaban J connectivity index is 0.00000289. The first-order valence-electron chi connectivity index (χ1n) is 10.2. The van der Waals surface area contributed by atoms with Crippen molar-refractivity contribution in [1.82, 2.24) is 4.98 Å². The summed E-state index contributed by atoms with van der Waals surface area (Å²) in [6, 6.07) is 16.3. The summed E-state index contributed by atoms with van der Waals surface area (Å²) in [5, 5.41) is 14.2. The van der Waals surface area contributed by atoms with E-state index in [0.717, 1.165) is 16.3 Å². The number of carbonyl (C=O) groups is 3. The molecule has 2 atom stereocenters. The van der Waals surface area contributed by atoms with Crippen molar-refractivity contribution in [2.24, 2.45) is 17.6 Å². The van der Waals surface area contributed by atoms with Gasteiger partial charge in [-0.2, -0.15) is 0 Å². The Labute approximate surface area is 209 Å². The minimum Gasteiger partial charge on any atom is -0.481 e. The van der Waals surface area contributed by atoms with Gasteiger partial charge < -0.3 is 20.9 Å². The third-order valence-electron chi connectivity index (χ3n) is 5.20. The fraction of sp³-hybridized carbons (Fsp3) is 0.250. The van der Waals surface area contributed by atoms with Gasteiger partial charge in [0.05, 0.1) is 11.8 Å². The van der Waals surface area contributed by atoms with Crippen molar-refractivity contribution in [3.63, 3.8) is 0 Å². The van der Waals surface area contributed by atoms with Crippen LogP contribution >= 0.6 is 24.8 Å². The zero-order chi connectivity index (χ0) is 22.9. The first-order valence-corrected chi connectivity index (χ1v) is 10.2. The van der Waals surface area contributed by atoms with Crippen molar-refractivity contribution in [1.29, 1.82) is 0 Å². The number of halogens is 2. The highest BCUT2D eigenvalue weighted by Gasteiger charge is 2.33. The van der Waals surface area contributed by atoms with Crippen LogP contribution in [-0.4, -0.2) is 34.5 Å². The van der Waals surface area contributed by atoms with E-state index in [1.807, 2.05) is 42.5 Å². The number of anilines is 1. The molecule has 34 heavy (non-hydrogen) atoms. The molecule has 3 rings (SSSR count).